The van der Waals surface area contributed by atoms with Gasteiger partial charge in [0.25, 0.3) is 0 Å². The van der Waals surface area contributed by atoms with E-state index in [0.29, 0.717) is 5.69 Å². The first-order chi connectivity index (χ1) is 9.26. The summed E-state index contributed by atoms with van der Waals surface area (Å²) >= 11 is 1.49. The largest absolute Gasteiger partial charge is 0.508 e. The average Bonchev–Trinajstić information content (AvgIpc) is 2.82. The Morgan fingerprint density at radius 2 is 2.11 bits per heavy atom. The number of aromatic nitrogens is 1. The van der Waals surface area contributed by atoms with Crippen LogP contribution in [0.5, 0.6) is 5.75 Å². The van der Waals surface area contributed by atoms with Crippen molar-refractivity contribution in [2.45, 2.75) is 0 Å². The lowest BCUT2D eigenvalue weighted by molar-refractivity contribution is 0.475. The molecule has 0 spiro atoms. The Kier molecular flexibility index (Phi) is 2.79. The van der Waals surface area contributed by atoms with Crippen molar-refractivity contribution < 1.29 is 5.11 Å². The fourth-order valence-corrected chi connectivity index (χ4v) is 2.78. The summed E-state index contributed by atoms with van der Waals surface area (Å²) in [5.41, 5.74) is 10.7. The fraction of sp³-hybridized carbons (Fsp3) is 0. The van der Waals surface area contributed by atoms with Crippen molar-refractivity contribution in [1.82, 2.24) is 4.98 Å². The standard InChI is InChI=1S/C13H8N4OS/c14-17-16-9-4-5-11-12(7-9)19-13(15-11)8-2-1-3-10(18)6-8/h1-7,18H. The van der Waals surface area contributed by atoms with Gasteiger partial charge in [-0.3, -0.25) is 0 Å². The Balaban J connectivity index is 2.13. The zero-order valence-corrected chi connectivity index (χ0v) is 10.5. The maximum Gasteiger partial charge on any atom is 0.124 e. The number of rotatable bonds is 2. The van der Waals surface area contributed by atoms with E-state index < -0.39 is 0 Å². The molecule has 0 unspecified atom stereocenters. The van der Waals surface area contributed by atoms with Crippen molar-refractivity contribution in [3.8, 4) is 16.3 Å². The van der Waals surface area contributed by atoms with Crippen LogP contribution in [0.3, 0.4) is 0 Å². The van der Waals surface area contributed by atoms with Crippen molar-refractivity contribution in [3.63, 3.8) is 0 Å². The van der Waals surface area contributed by atoms with Crippen molar-refractivity contribution >= 4 is 27.2 Å². The lowest BCUT2D eigenvalue weighted by Crippen LogP contribution is -1.74. The van der Waals surface area contributed by atoms with Gasteiger partial charge in [-0.25, -0.2) is 4.98 Å². The van der Waals surface area contributed by atoms with E-state index in [1.165, 1.54) is 11.3 Å². The van der Waals surface area contributed by atoms with Gasteiger partial charge < -0.3 is 5.11 Å². The van der Waals surface area contributed by atoms with Gasteiger partial charge in [-0.15, -0.1) is 11.3 Å². The molecule has 3 rings (SSSR count). The highest BCUT2D eigenvalue weighted by molar-refractivity contribution is 7.21. The molecule has 0 saturated carbocycles. The van der Waals surface area contributed by atoms with Gasteiger partial charge in [-0.2, -0.15) is 0 Å². The van der Waals surface area contributed by atoms with Gasteiger partial charge in [0.1, 0.15) is 10.8 Å². The molecule has 92 valence electrons. The van der Waals surface area contributed by atoms with E-state index in [-0.39, 0.29) is 5.75 Å². The van der Waals surface area contributed by atoms with Gasteiger partial charge in [0.05, 0.1) is 10.2 Å². The summed E-state index contributed by atoms with van der Waals surface area (Å²) in [5.74, 6) is 0.214. The van der Waals surface area contributed by atoms with Gasteiger partial charge >= 0.3 is 0 Å². The molecule has 0 bridgehead atoms. The topological polar surface area (TPSA) is 81.9 Å². The number of benzene rings is 2. The Morgan fingerprint density at radius 3 is 2.89 bits per heavy atom. The summed E-state index contributed by atoms with van der Waals surface area (Å²) in [6.07, 6.45) is 0. The third-order valence-electron chi connectivity index (χ3n) is 2.63. The van der Waals surface area contributed by atoms with Crippen LogP contribution >= 0.6 is 11.3 Å². The fourth-order valence-electron chi connectivity index (χ4n) is 1.79. The number of phenols is 1. The van der Waals surface area contributed by atoms with E-state index in [9.17, 15) is 5.11 Å². The van der Waals surface area contributed by atoms with Crippen LogP contribution in [0.15, 0.2) is 47.6 Å². The van der Waals surface area contributed by atoms with E-state index >= 15 is 0 Å². The molecular weight excluding hydrogens is 260 g/mol. The molecular formula is C13H8N4OS. The van der Waals surface area contributed by atoms with E-state index in [1.807, 2.05) is 12.1 Å². The van der Waals surface area contributed by atoms with Gasteiger partial charge in [0.15, 0.2) is 0 Å². The molecule has 1 N–H and O–H groups in total. The first kappa shape index (κ1) is 11.5. The minimum Gasteiger partial charge on any atom is -0.508 e. The zero-order valence-electron chi connectivity index (χ0n) is 9.69. The second-order valence-corrected chi connectivity index (χ2v) is 4.94. The minimum atomic E-state index is 0.214. The zero-order chi connectivity index (χ0) is 13.2. The summed E-state index contributed by atoms with van der Waals surface area (Å²) in [6, 6.07) is 12.3. The molecule has 0 amide bonds. The van der Waals surface area contributed by atoms with Gasteiger partial charge in [0, 0.05) is 16.2 Å². The molecule has 6 heteroatoms. The molecule has 1 aromatic heterocycles. The molecule has 0 saturated heterocycles. The first-order valence-corrected chi connectivity index (χ1v) is 6.33. The normalized spacial score (nSPS) is 10.3. The molecule has 1 heterocycles. The summed E-state index contributed by atoms with van der Waals surface area (Å²) < 4.78 is 0.947. The SMILES string of the molecule is [N-]=[N+]=Nc1ccc2nc(-c3cccc(O)c3)sc2c1. The molecule has 2 aromatic carbocycles. The van der Waals surface area contributed by atoms with E-state index in [1.54, 1.807) is 30.3 Å². The van der Waals surface area contributed by atoms with Crippen LogP contribution < -0.4 is 0 Å². The second-order valence-electron chi connectivity index (χ2n) is 3.91. The van der Waals surface area contributed by atoms with E-state index in [2.05, 4.69) is 15.0 Å². The summed E-state index contributed by atoms with van der Waals surface area (Å²) in [6.45, 7) is 0. The van der Waals surface area contributed by atoms with E-state index in [0.717, 1.165) is 20.8 Å². The van der Waals surface area contributed by atoms with Crippen molar-refractivity contribution in [3.05, 3.63) is 52.9 Å². The lowest BCUT2D eigenvalue weighted by atomic mass is 10.2. The molecule has 5 nitrogen and oxygen atoms in total. The molecule has 0 aliphatic rings. The highest BCUT2D eigenvalue weighted by atomic mass is 32.1. The predicted octanol–water partition coefficient (Wildman–Crippen LogP) is 4.61. The molecule has 19 heavy (non-hydrogen) atoms. The van der Waals surface area contributed by atoms with Crippen molar-refractivity contribution in [2.75, 3.05) is 0 Å². The smallest absolute Gasteiger partial charge is 0.124 e. The number of hydrogen-bond acceptors (Lipinski definition) is 4. The average molecular weight is 268 g/mol. The van der Waals surface area contributed by atoms with Crippen LogP contribution in [0.1, 0.15) is 0 Å². The van der Waals surface area contributed by atoms with Gasteiger partial charge in [-0.1, -0.05) is 23.3 Å². The van der Waals surface area contributed by atoms with Crippen LogP contribution in [-0.2, 0) is 0 Å². The molecule has 3 aromatic rings. The van der Waals surface area contributed by atoms with Crippen molar-refractivity contribution in [1.29, 1.82) is 0 Å². The summed E-state index contributed by atoms with van der Waals surface area (Å²) in [7, 11) is 0. The summed E-state index contributed by atoms with van der Waals surface area (Å²) in [5, 5.41) is 13.9. The number of phenolic OH excluding ortho intramolecular Hbond substituents is 1. The van der Waals surface area contributed by atoms with Gasteiger partial charge in [-0.05, 0) is 29.8 Å². The van der Waals surface area contributed by atoms with Crippen LogP contribution in [-0.4, -0.2) is 10.1 Å². The monoisotopic (exact) mass is 268 g/mol. The number of aromatic hydroxyl groups is 1. The third kappa shape index (κ3) is 2.22. The lowest BCUT2D eigenvalue weighted by Gasteiger charge is -1.95. The predicted molar refractivity (Wildman–Crippen MR) is 75.5 cm³/mol. The number of thiazole rings is 1. The molecule has 0 fully saturated rings. The molecule has 0 radical (unpaired) electrons. The number of nitrogens with zero attached hydrogens (tertiary/aromatic N) is 4. The van der Waals surface area contributed by atoms with Crippen LogP contribution in [0.4, 0.5) is 5.69 Å². The highest BCUT2D eigenvalue weighted by Crippen LogP contribution is 2.33. The second kappa shape index (κ2) is 4.61. The Labute approximate surface area is 112 Å². The molecule has 0 aliphatic heterocycles. The number of hydrogen-bond donors (Lipinski definition) is 1. The molecule has 0 atom stereocenters. The number of azide groups is 1. The van der Waals surface area contributed by atoms with Crippen LogP contribution in [0, 0.1) is 0 Å². The van der Waals surface area contributed by atoms with Gasteiger partial charge in [0.2, 0.25) is 0 Å². The first-order valence-electron chi connectivity index (χ1n) is 5.51. The van der Waals surface area contributed by atoms with Crippen molar-refractivity contribution in [2.24, 2.45) is 5.11 Å². The quantitative estimate of drug-likeness (QED) is 0.418. The minimum absolute atomic E-state index is 0.214. The summed E-state index contributed by atoms with van der Waals surface area (Å²) in [4.78, 5) is 7.26. The third-order valence-corrected chi connectivity index (χ3v) is 3.69. The Morgan fingerprint density at radius 1 is 1.21 bits per heavy atom. The highest BCUT2D eigenvalue weighted by Gasteiger charge is 2.07. The van der Waals surface area contributed by atoms with Crippen LogP contribution in [0.25, 0.3) is 31.2 Å². The Hall–Kier alpha value is -2.56. The number of fused-ring (bicyclic) bond motifs is 1. The van der Waals surface area contributed by atoms with E-state index in [4.69, 9.17) is 5.53 Å². The van der Waals surface area contributed by atoms with Crippen LogP contribution in [0.2, 0.25) is 0 Å². The molecule has 0 aliphatic carbocycles. The Bertz CT molecular complexity index is 805. The maximum atomic E-state index is 9.49. The maximum absolute atomic E-state index is 9.49.